The van der Waals surface area contributed by atoms with Crippen LogP contribution in [-0.4, -0.2) is 11.8 Å². The number of carbonyl (C=O) groups excluding carboxylic acids is 2. The summed E-state index contributed by atoms with van der Waals surface area (Å²) >= 11 is 3.15. The van der Waals surface area contributed by atoms with Crippen LogP contribution in [0.25, 0.3) is 0 Å². The summed E-state index contributed by atoms with van der Waals surface area (Å²) in [5.41, 5.74) is -0.0717. The van der Waals surface area contributed by atoms with Gasteiger partial charge in [0.15, 0.2) is 0 Å². The lowest BCUT2D eigenvalue weighted by atomic mass is 10.3. The number of nitrogens with one attached hydrogen (secondary N) is 2. The number of carbonyl (C=O) groups is 2. The Hall–Kier alpha value is -2.15. The summed E-state index contributed by atoms with van der Waals surface area (Å²) in [7, 11) is 0. The molecule has 0 aliphatic heterocycles. The topological polar surface area (TPSA) is 71.3 Å². The third-order valence-corrected chi connectivity index (χ3v) is 2.88. The van der Waals surface area contributed by atoms with E-state index in [4.69, 9.17) is 4.42 Å². The number of benzene rings is 1. The number of anilines is 1. The molecule has 0 aliphatic carbocycles. The number of rotatable bonds is 3. The Kier molecular flexibility index (Phi) is 4.52. The van der Waals surface area contributed by atoms with Crippen molar-refractivity contribution in [2.45, 2.75) is 6.54 Å². The predicted molar refractivity (Wildman–Crippen MR) is 73.3 cm³/mol. The molecule has 0 atom stereocenters. The van der Waals surface area contributed by atoms with E-state index < -0.39 is 17.6 Å². The van der Waals surface area contributed by atoms with Crippen LogP contribution >= 0.6 is 15.9 Å². The molecule has 2 amide bonds. The highest BCUT2D eigenvalue weighted by Gasteiger charge is 2.15. The maximum atomic E-state index is 13.4. The zero-order valence-corrected chi connectivity index (χ0v) is 11.7. The predicted octanol–water partition coefficient (Wildman–Crippen LogP) is 2.44. The Bertz CT molecular complexity index is 629. The van der Waals surface area contributed by atoms with Crippen molar-refractivity contribution in [3.8, 4) is 0 Å². The summed E-state index contributed by atoms with van der Waals surface area (Å²) in [5.74, 6) is -1.94. The molecule has 2 aromatic rings. The molecule has 0 fully saturated rings. The highest BCUT2D eigenvalue weighted by molar-refractivity contribution is 9.10. The van der Waals surface area contributed by atoms with Gasteiger partial charge in [-0.05, 0) is 30.3 Å². The van der Waals surface area contributed by atoms with Crippen LogP contribution in [0.5, 0.6) is 0 Å². The molecule has 20 heavy (non-hydrogen) atoms. The fourth-order valence-electron chi connectivity index (χ4n) is 1.43. The van der Waals surface area contributed by atoms with E-state index in [-0.39, 0.29) is 12.2 Å². The summed E-state index contributed by atoms with van der Waals surface area (Å²) < 4.78 is 19.0. The van der Waals surface area contributed by atoms with Gasteiger partial charge in [-0.2, -0.15) is 0 Å². The molecule has 1 aromatic carbocycles. The number of furan rings is 1. The Labute approximate surface area is 122 Å². The SMILES string of the molecule is O=C(NCc1ccco1)C(=O)Nc1cc(Br)ccc1F. The number of halogens is 2. The van der Waals surface area contributed by atoms with Crippen LogP contribution in [0, 0.1) is 5.82 Å². The number of hydrogen-bond acceptors (Lipinski definition) is 3. The van der Waals surface area contributed by atoms with Gasteiger partial charge < -0.3 is 15.1 Å². The van der Waals surface area contributed by atoms with Gasteiger partial charge in [-0.15, -0.1) is 0 Å². The van der Waals surface area contributed by atoms with Crippen LogP contribution in [0.1, 0.15) is 5.76 Å². The van der Waals surface area contributed by atoms with E-state index in [1.54, 1.807) is 12.1 Å². The molecule has 7 heteroatoms. The first-order valence-electron chi connectivity index (χ1n) is 5.63. The van der Waals surface area contributed by atoms with E-state index in [1.165, 1.54) is 24.5 Å². The zero-order valence-electron chi connectivity index (χ0n) is 10.2. The van der Waals surface area contributed by atoms with Crippen LogP contribution in [-0.2, 0) is 16.1 Å². The minimum absolute atomic E-state index is 0.0717. The Balaban J connectivity index is 1.93. The third-order valence-electron chi connectivity index (χ3n) is 2.39. The van der Waals surface area contributed by atoms with E-state index in [2.05, 4.69) is 26.6 Å². The van der Waals surface area contributed by atoms with Crippen LogP contribution in [0.3, 0.4) is 0 Å². The van der Waals surface area contributed by atoms with Gasteiger partial charge in [0.2, 0.25) is 0 Å². The average molecular weight is 341 g/mol. The van der Waals surface area contributed by atoms with Crippen molar-refractivity contribution in [1.29, 1.82) is 0 Å². The molecule has 0 radical (unpaired) electrons. The maximum absolute atomic E-state index is 13.4. The van der Waals surface area contributed by atoms with Crippen LogP contribution in [0.4, 0.5) is 10.1 Å². The number of amides is 2. The fraction of sp³-hybridized carbons (Fsp3) is 0.0769. The molecule has 2 N–H and O–H groups in total. The van der Waals surface area contributed by atoms with Crippen molar-refractivity contribution in [2.75, 3.05) is 5.32 Å². The lowest BCUT2D eigenvalue weighted by Crippen LogP contribution is -2.35. The van der Waals surface area contributed by atoms with Gasteiger partial charge in [0.05, 0.1) is 18.5 Å². The summed E-state index contributed by atoms with van der Waals surface area (Å²) in [6.45, 7) is 0.0836. The van der Waals surface area contributed by atoms with Crippen molar-refractivity contribution in [3.63, 3.8) is 0 Å². The second-order valence-corrected chi connectivity index (χ2v) is 4.76. The maximum Gasteiger partial charge on any atom is 0.313 e. The molecule has 5 nitrogen and oxygen atoms in total. The van der Waals surface area contributed by atoms with Gasteiger partial charge in [-0.25, -0.2) is 4.39 Å². The van der Waals surface area contributed by atoms with E-state index in [1.807, 2.05) is 0 Å². The van der Waals surface area contributed by atoms with E-state index in [0.29, 0.717) is 10.2 Å². The largest absolute Gasteiger partial charge is 0.467 e. The first kappa shape index (κ1) is 14.3. The molecule has 1 aromatic heterocycles. The van der Waals surface area contributed by atoms with Crippen molar-refractivity contribution in [1.82, 2.24) is 5.32 Å². The van der Waals surface area contributed by atoms with E-state index in [9.17, 15) is 14.0 Å². The van der Waals surface area contributed by atoms with Crippen LogP contribution in [0.15, 0.2) is 45.5 Å². The summed E-state index contributed by atoms with van der Waals surface area (Å²) in [4.78, 5) is 23.1. The molecule has 104 valence electrons. The minimum Gasteiger partial charge on any atom is -0.467 e. The summed E-state index contributed by atoms with van der Waals surface area (Å²) in [5, 5.41) is 4.55. The van der Waals surface area contributed by atoms with Crippen molar-refractivity contribution < 1.29 is 18.4 Å². The standard InChI is InChI=1S/C13H10BrFN2O3/c14-8-3-4-10(15)11(6-8)17-13(19)12(18)16-7-9-2-1-5-20-9/h1-6H,7H2,(H,16,18)(H,17,19). The van der Waals surface area contributed by atoms with Crippen molar-refractivity contribution in [3.05, 3.63) is 52.6 Å². The first-order valence-corrected chi connectivity index (χ1v) is 6.42. The first-order chi connectivity index (χ1) is 9.56. The molecule has 2 rings (SSSR count). The molecular weight excluding hydrogens is 331 g/mol. The van der Waals surface area contributed by atoms with Gasteiger partial charge >= 0.3 is 11.8 Å². The monoisotopic (exact) mass is 340 g/mol. The quantitative estimate of drug-likeness (QED) is 0.843. The van der Waals surface area contributed by atoms with E-state index in [0.717, 1.165) is 0 Å². The van der Waals surface area contributed by atoms with Crippen LogP contribution < -0.4 is 10.6 Å². The zero-order chi connectivity index (χ0) is 14.5. The smallest absolute Gasteiger partial charge is 0.313 e. The summed E-state index contributed by atoms with van der Waals surface area (Å²) in [6.07, 6.45) is 1.46. The second-order valence-electron chi connectivity index (χ2n) is 3.84. The lowest BCUT2D eigenvalue weighted by molar-refractivity contribution is -0.136. The second kappa shape index (κ2) is 6.33. The molecule has 0 aliphatic rings. The molecule has 0 unspecified atom stereocenters. The van der Waals surface area contributed by atoms with Gasteiger partial charge in [-0.3, -0.25) is 9.59 Å². The van der Waals surface area contributed by atoms with Gasteiger partial charge in [0.25, 0.3) is 0 Å². The van der Waals surface area contributed by atoms with Gasteiger partial charge in [0.1, 0.15) is 11.6 Å². The third kappa shape index (κ3) is 3.67. The Morgan fingerprint density at radius 2 is 2.05 bits per heavy atom. The molecular formula is C13H10BrFN2O3. The normalized spacial score (nSPS) is 10.1. The average Bonchev–Trinajstić information content (AvgIpc) is 2.93. The van der Waals surface area contributed by atoms with Crippen molar-refractivity contribution >= 4 is 33.4 Å². The highest BCUT2D eigenvalue weighted by Crippen LogP contribution is 2.19. The highest BCUT2D eigenvalue weighted by atomic mass is 79.9. The minimum atomic E-state index is -0.950. The fourth-order valence-corrected chi connectivity index (χ4v) is 1.79. The van der Waals surface area contributed by atoms with Crippen molar-refractivity contribution in [2.24, 2.45) is 0 Å². The molecule has 1 heterocycles. The molecule has 0 bridgehead atoms. The Morgan fingerprint density at radius 1 is 1.25 bits per heavy atom. The van der Waals surface area contributed by atoms with Gasteiger partial charge in [0, 0.05) is 4.47 Å². The summed E-state index contributed by atoms with van der Waals surface area (Å²) in [6, 6.07) is 7.36. The molecule has 0 saturated heterocycles. The lowest BCUT2D eigenvalue weighted by Gasteiger charge is -2.07. The number of hydrogen-bond donors (Lipinski definition) is 2. The van der Waals surface area contributed by atoms with Gasteiger partial charge in [-0.1, -0.05) is 15.9 Å². The molecule has 0 spiro atoms. The molecule has 0 saturated carbocycles. The Morgan fingerprint density at radius 3 is 2.75 bits per heavy atom. The van der Waals surface area contributed by atoms with E-state index >= 15 is 0 Å². The van der Waals surface area contributed by atoms with Crippen LogP contribution in [0.2, 0.25) is 0 Å².